The summed E-state index contributed by atoms with van der Waals surface area (Å²) in [5.74, 6) is -0.191. The molecule has 0 atom stereocenters. The fourth-order valence-electron chi connectivity index (χ4n) is 2.65. The van der Waals surface area contributed by atoms with E-state index >= 15 is 0 Å². The van der Waals surface area contributed by atoms with Crippen LogP contribution in [0.25, 0.3) is 16.9 Å². The summed E-state index contributed by atoms with van der Waals surface area (Å²) in [6.07, 6.45) is 1.69. The minimum absolute atomic E-state index is 0.191. The molecule has 2 aromatic heterocycles. The average molecular weight is 364 g/mol. The third-order valence-electron chi connectivity index (χ3n) is 4.02. The first-order valence-corrected chi connectivity index (χ1v) is 8.34. The number of nitrogens with zero attached hydrogens (tertiary/aromatic N) is 4. The second-order valence-electron chi connectivity index (χ2n) is 5.81. The number of amides is 1. The van der Waals surface area contributed by atoms with Crippen LogP contribution in [0.5, 0.6) is 0 Å². The summed E-state index contributed by atoms with van der Waals surface area (Å²) in [4.78, 5) is 16.8. The second kappa shape index (κ2) is 6.57. The molecule has 0 aliphatic carbocycles. The Morgan fingerprint density at radius 1 is 1.12 bits per heavy atom. The van der Waals surface area contributed by atoms with Crippen LogP contribution in [0.1, 0.15) is 15.9 Å². The van der Waals surface area contributed by atoms with Gasteiger partial charge in [0, 0.05) is 22.5 Å². The zero-order chi connectivity index (χ0) is 18.1. The van der Waals surface area contributed by atoms with Crippen molar-refractivity contribution >= 4 is 34.4 Å². The smallest absolute Gasteiger partial charge is 0.255 e. The van der Waals surface area contributed by atoms with Crippen LogP contribution >= 0.6 is 11.6 Å². The van der Waals surface area contributed by atoms with Crippen molar-refractivity contribution in [1.29, 1.82) is 0 Å². The Balaban J connectivity index is 1.58. The number of anilines is 1. The first-order valence-electron chi connectivity index (χ1n) is 7.96. The van der Waals surface area contributed by atoms with Crippen molar-refractivity contribution < 1.29 is 4.79 Å². The number of hydrogen-bond acceptors (Lipinski definition) is 4. The normalized spacial score (nSPS) is 10.8. The number of fused-ring (bicyclic) bond motifs is 1. The summed E-state index contributed by atoms with van der Waals surface area (Å²) in [6.45, 7) is 1.90. The lowest BCUT2D eigenvalue weighted by Gasteiger charge is -2.09. The summed E-state index contributed by atoms with van der Waals surface area (Å²) in [5.41, 5.74) is 4.34. The summed E-state index contributed by atoms with van der Waals surface area (Å²) in [6, 6.07) is 16.1. The van der Waals surface area contributed by atoms with Crippen molar-refractivity contribution in [1.82, 2.24) is 20.0 Å². The Hall–Kier alpha value is -3.25. The van der Waals surface area contributed by atoms with Gasteiger partial charge in [-0.1, -0.05) is 16.8 Å². The third kappa shape index (κ3) is 3.02. The van der Waals surface area contributed by atoms with E-state index in [-0.39, 0.29) is 5.91 Å². The maximum Gasteiger partial charge on any atom is 0.255 e. The van der Waals surface area contributed by atoms with Crippen molar-refractivity contribution in [3.05, 3.63) is 76.9 Å². The molecule has 0 unspecified atom stereocenters. The monoisotopic (exact) mass is 363 g/mol. The van der Waals surface area contributed by atoms with Crippen LogP contribution < -0.4 is 5.32 Å². The van der Waals surface area contributed by atoms with E-state index in [0.29, 0.717) is 21.7 Å². The van der Waals surface area contributed by atoms with Crippen molar-refractivity contribution in [2.45, 2.75) is 6.92 Å². The minimum atomic E-state index is -0.191. The molecule has 0 saturated carbocycles. The number of halogens is 1. The van der Waals surface area contributed by atoms with Crippen LogP contribution in [0.3, 0.4) is 0 Å². The van der Waals surface area contributed by atoms with Crippen molar-refractivity contribution in [3.63, 3.8) is 0 Å². The van der Waals surface area contributed by atoms with Crippen LogP contribution in [0.15, 0.2) is 60.8 Å². The highest BCUT2D eigenvalue weighted by Crippen LogP contribution is 2.21. The fourth-order valence-corrected chi connectivity index (χ4v) is 2.88. The highest BCUT2D eigenvalue weighted by molar-refractivity contribution is 6.30. The third-order valence-corrected chi connectivity index (χ3v) is 4.25. The molecule has 0 radical (unpaired) electrons. The maximum absolute atomic E-state index is 12.5. The molecule has 26 heavy (non-hydrogen) atoms. The van der Waals surface area contributed by atoms with Crippen LogP contribution in [0, 0.1) is 6.92 Å². The SMILES string of the molecule is Cc1cc(Cl)ccc1NC(=O)c1ccc(-n2nnc3cccnc32)cc1. The van der Waals surface area contributed by atoms with Gasteiger partial charge in [-0.3, -0.25) is 4.79 Å². The Morgan fingerprint density at radius 2 is 1.92 bits per heavy atom. The minimum Gasteiger partial charge on any atom is -0.322 e. The molecule has 0 aliphatic heterocycles. The van der Waals surface area contributed by atoms with Gasteiger partial charge in [0.05, 0.1) is 5.69 Å². The Morgan fingerprint density at radius 3 is 2.69 bits per heavy atom. The Kier molecular flexibility index (Phi) is 4.10. The van der Waals surface area contributed by atoms with Crippen LogP contribution in [0.2, 0.25) is 5.02 Å². The van der Waals surface area contributed by atoms with Gasteiger partial charge in [0.15, 0.2) is 5.65 Å². The molecule has 7 heteroatoms. The summed E-state index contributed by atoms with van der Waals surface area (Å²) >= 11 is 5.95. The quantitative estimate of drug-likeness (QED) is 0.596. The molecular formula is C19H14ClN5O. The van der Waals surface area contributed by atoms with Crippen LogP contribution in [0.4, 0.5) is 5.69 Å². The molecule has 6 nitrogen and oxygen atoms in total. The van der Waals surface area contributed by atoms with E-state index in [2.05, 4.69) is 20.6 Å². The summed E-state index contributed by atoms with van der Waals surface area (Å²) < 4.78 is 1.64. The van der Waals surface area contributed by atoms with Gasteiger partial charge in [-0.15, -0.1) is 5.10 Å². The molecule has 1 N–H and O–H groups in total. The molecule has 0 aliphatic rings. The van der Waals surface area contributed by atoms with Crippen molar-refractivity contribution in [2.75, 3.05) is 5.32 Å². The van der Waals surface area contributed by atoms with Gasteiger partial charge in [-0.25, -0.2) is 4.98 Å². The highest BCUT2D eigenvalue weighted by Gasteiger charge is 2.10. The van der Waals surface area contributed by atoms with E-state index in [9.17, 15) is 4.79 Å². The largest absolute Gasteiger partial charge is 0.322 e. The molecule has 128 valence electrons. The van der Waals surface area contributed by atoms with E-state index in [1.807, 2.05) is 37.3 Å². The van der Waals surface area contributed by atoms with Gasteiger partial charge in [0.2, 0.25) is 0 Å². The predicted octanol–water partition coefficient (Wildman–Crippen LogP) is 4.03. The molecule has 0 saturated heterocycles. The van der Waals surface area contributed by atoms with Gasteiger partial charge in [-0.05, 0) is 67.1 Å². The molecular weight excluding hydrogens is 350 g/mol. The number of nitrogens with one attached hydrogen (secondary N) is 1. The van der Waals surface area contributed by atoms with E-state index < -0.39 is 0 Å². The molecule has 0 bridgehead atoms. The predicted molar refractivity (Wildman–Crippen MR) is 101 cm³/mol. The molecule has 2 heterocycles. The zero-order valence-corrected chi connectivity index (χ0v) is 14.6. The van der Waals surface area contributed by atoms with E-state index in [1.165, 1.54) is 0 Å². The highest BCUT2D eigenvalue weighted by atomic mass is 35.5. The van der Waals surface area contributed by atoms with Gasteiger partial charge in [0.25, 0.3) is 5.91 Å². The number of pyridine rings is 1. The second-order valence-corrected chi connectivity index (χ2v) is 6.24. The number of carbonyl (C=O) groups excluding carboxylic acids is 1. The molecule has 0 fully saturated rings. The number of hydrogen-bond donors (Lipinski definition) is 1. The molecule has 2 aromatic carbocycles. The first-order chi connectivity index (χ1) is 12.6. The van der Waals surface area contributed by atoms with Crippen LogP contribution in [-0.2, 0) is 0 Å². The molecule has 4 rings (SSSR count). The number of carbonyl (C=O) groups is 1. The van der Waals surface area contributed by atoms with Crippen LogP contribution in [-0.4, -0.2) is 25.9 Å². The first kappa shape index (κ1) is 16.2. The summed E-state index contributed by atoms with van der Waals surface area (Å²) in [5, 5.41) is 11.7. The molecule has 1 amide bonds. The van der Waals surface area contributed by atoms with Crippen molar-refractivity contribution in [3.8, 4) is 5.69 Å². The van der Waals surface area contributed by atoms with E-state index in [4.69, 9.17) is 11.6 Å². The van der Waals surface area contributed by atoms with Gasteiger partial charge in [-0.2, -0.15) is 4.68 Å². The zero-order valence-electron chi connectivity index (χ0n) is 13.8. The number of rotatable bonds is 3. The van der Waals surface area contributed by atoms with E-state index in [1.54, 1.807) is 35.1 Å². The van der Waals surface area contributed by atoms with Gasteiger partial charge in [0.1, 0.15) is 5.52 Å². The standard InChI is InChI=1S/C19H14ClN5O/c1-12-11-14(20)6-9-16(12)22-19(26)13-4-7-15(8-5-13)25-18-17(23-24-25)3-2-10-21-18/h2-11H,1H3,(H,22,26). The number of aryl methyl sites for hydroxylation is 1. The fraction of sp³-hybridized carbons (Fsp3) is 0.0526. The number of aromatic nitrogens is 4. The maximum atomic E-state index is 12.5. The Labute approximate surface area is 154 Å². The van der Waals surface area contributed by atoms with Crippen molar-refractivity contribution in [2.24, 2.45) is 0 Å². The lowest BCUT2D eigenvalue weighted by molar-refractivity contribution is 0.102. The van der Waals surface area contributed by atoms with Gasteiger partial charge >= 0.3 is 0 Å². The lowest BCUT2D eigenvalue weighted by atomic mass is 10.1. The van der Waals surface area contributed by atoms with Gasteiger partial charge < -0.3 is 5.32 Å². The number of benzene rings is 2. The summed E-state index contributed by atoms with van der Waals surface area (Å²) in [7, 11) is 0. The lowest BCUT2D eigenvalue weighted by Crippen LogP contribution is -2.12. The Bertz CT molecular complexity index is 1100. The molecule has 4 aromatic rings. The molecule has 0 spiro atoms. The average Bonchev–Trinajstić information content (AvgIpc) is 3.08. The topological polar surface area (TPSA) is 72.7 Å². The van der Waals surface area contributed by atoms with E-state index in [0.717, 1.165) is 16.9 Å².